The first kappa shape index (κ1) is 19.6. The Morgan fingerprint density at radius 2 is 1.80 bits per heavy atom. The molecule has 152 valence electrons. The number of halogens is 3. The number of aromatic nitrogens is 3. The summed E-state index contributed by atoms with van der Waals surface area (Å²) in [5.41, 5.74) is 1.47. The first-order chi connectivity index (χ1) is 14.3. The number of carboxylic acids is 1. The van der Waals surface area contributed by atoms with Gasteiger partial charge in [-0.05, 0) is 42.3 Å². The average Bonchev–Trinajstić information content (AvgIpc) is 3.14. The Labute approximate surface area is 169 Å². The maximum Gasteiger partial charge on any atom is 0.416 e. The average molecular weight is 411 g/mol. The molecule has 3 heterocycles. The fourth-order valence-electron chi connectivity index (χ4n) is 3.38. The lowest BCUT2D eigenvalue weighted by Crippen LogP contribution is -2.10. The predicted molar refractivity (Wildman–Crippen MR) is 105 cm³/mol. The van der Waals surface area contributed by atoms with Crippen molar-refractivity contribution in [3.8, 4) is 11.4 Å². The lowest BCUT2D eigenvalue weighted by molar-refractivity contribution is -0.138. The molecule has 0 fully saturated rings. The standard InChI is InChI=1S/C22H16F3N3O2/c23-22(24,25)17-4-2-1-3-14(17)6-9-28-10-7-15-11-19(27-13-20(15)28)18-12-16(21(29)30)5-8-26-18/h1-5,7-8,10-13H,6,9H2,(H,29,30). The van der Waals surface area contributed by atoms with Crippen molar-refractivity contribution in [3.05, 3.63) is 83.8 Å². The van der Waals surface area contributed by atoms with Gasteiger partial charge in [0.25, 0.3) is 0 Å². The van der Waals surface area contributed by atoms with Gasteiger partial charge in [-0.25, -0.2) is 4.79 Å². The molecule has 1 N–H and O–H groups in total. The van der Waals surface area contributed by atoms with Crippen LogP contribution in [0.3, 0.4) is 0 Å². The molecule has 0 saturated heterocycles. The summed E-state index contributed by atoms with van der Waals surface area (Å²) in [7, 11) is 0. The van der Waals surface area contributed by atoms with Crippen LogP contribution in [0.1, 0.15) is 21.5 Å². The number of aryl methyl sites for hydroxylation is 2. The topological polar surface area (TPSA) is 68.0 Å². The fourth-order valence-corrected chi connectivity index (χ4v) is 3.38. The van der Waals surface area contributed by atoms with Gasteiger partial charge in [-0.1, -0.05) is 18.2 Å². The van der Waals surface area contributed by atoms with Gasteiger partial charge in [0, 0.05) is 24.3 Å². The Bertz CT molecular complexity index is 1230. The van der Waals surface area contributed by atoms with Gasteiger partial charge in [0.1, 0.15) is 0 Å². The Morgan fingerprint density at radius 1 is 1.03 bits per heavy atom. The summed E-state index contributed by atoms with van der Waals surface area (Å²) in [5.74, 6) is -1.05. The Kier molecular flexibility index (Phi) is 4.99. The molecule has 8 heteroatoms. The van der Waals surface area contributed by atoms with Crippen LogP contribution in [0.4, 0.5) is 13.2 Å². The molecule has 0 aliphatic carbocycles. The van der Waals surface area contributed by atoms with Crippen LogP contribution in [0.15, 0.2) is 67.1 Å². The van der Waals surface area contributed by atoms with Gasteiger partial charge in [0.05, 0.1) is 34.2 Å². The molecule has 0 unspecified atom stereocenters. The first-order valence-electron chi connectivity index (χ1n) is 9.12. The zero-order valence-electron chi connectivity index (χ0n) is 15.6. The lowest BCUT2D eigenvalue weighted by Gasteiger charge is -2.13. The third kappa shape index (κ3) is 3.89. The fraction of sp³-hybridized carbons (Fsp3) is 0.136. The second-order valence-electron chi connectivity index (χ2n) is 6.78. The van der Waals surface area contributed by atoms with Gasteiger partial charge in [-0.3, -0.25) is 9.97 Å². The normalized spacial score (nSPS) is 11.7. The molecule has 0 aliphatic rings. The first-order valence-corrected chi connectivity index (χ1v) is 9.12. The third-order valence-electron chi connectivity index (χ3n) is 4.87. The Morgan fingerprint density at radius 3 is 2.57 bits per heavy atom. The number of fused-ring (bicyclic) bond motifs is 1. The van der Waals surface area contributed by atoms with Crippen molar-refractivity contribution < 1.29 is 23.1 Å². The van der Waals surface area contributed by atoms with Crippen LogP contribution >= 0.6 is 0 Å². The maximum absolute atomic E-state index is 13.2. The molecular formula is C22H16F3N3O2. The number of pyridine rings is 2. The molecular weight excluding hydrogens is 395 g/mol. The molecule has 30 heavy (non-hydrogen) atoms. The zero-order chi connectivity index (χ0) is 21.3. The van der Waals surface area contributed by atoms with E-state index in [4.69, 9.17) is 5.11 Å². The quantitative estimate of drug-likeness (QED) is 0.499. The SMILES string of the molecule is O=C(O)c1ccnc(-c2cc3ccn(CCc4ccccc4C(F)(F)F)c3cn2)c1. The van der Waals surface area contributed by atoms with Crippen molar-refractivity contribution in [2.45, 2.75) is 19.1 Å². The smallest absolute Gasteiger partial charge is 0.416 e. The van der Waals surface area contributed by atoms with E-state index >= 15 is 0 Å². The second kappa shape index (κ2) is 7.62. The molecule has 5 nitrogen and oxygen atoms in total. The van der Waals surface area contributed by atoms with Gasteiger partial charge >= 0.3 is 12.1 Å². The van der Waals surface area contributed by atoms with Gasteiger partial charge in [0.2, 0.25) is 0 Å². The van der Waals surface area contributed by atoms with Gasteiger partial charge < -0.3 is 9.67 Å². The third-order valence-corrected chi connectivity index (χ3v) is 4.87. The van der Waals surface area contributed by atoms with E-state index in [1.165, 1.54) is 30.5 Å². The number of hydrogen-bond donors (Lipinski definition) is 1. The largest absolute Gasteiger partial charge is 0.478 e. The highest BCUT2D eigenvalue weighted by Gasteiger charge is 2.32. The minimum Gasteiger partial charge on any atom is -0.478 e. The van der Waals surface area contributed by atoms with Crippen LogP contribution in [-0.4, -0.2) is 25.6 Å². The number of benzene rings is 1. The molecule has 0 radical (unpaired) electrons. The molecule has 0 atom stereocenters. The van der Waals surface area contributed by atoms with E-state index < -0.39 is 17.7 Å². The minimum absolute atomic E-state index is 0.114. The molecule has 0 amide bonds. The second-order valence-corrected chi connectivity index (χ2v) is 6.78. The van der Waals surface area contributed by atoms with Crippen LogP contribution in [-0.2, 0) is 19.1 Å². The summed E-state index contributed by atoms with van der Waals surface area (Å²) >= 11 is 0. The monoisotopic (exact) mass is 411 g/mol. The maximum atomic E-state index is 13.2. The van der Waals surface area contributed by atoms with Crippen molar-refractivity contribution in [1.82, 2.24) is 14.5 Å². The van der Waals surface area contributed by atoms with E-state index in [0.29, 0.717) is 17.9 Å². The number of carboxylic acid groups (broad SMARTS) is 1. The van der Waals surface area contributed by atoms with Gasteiger partial charge in [0.15, 0.2) is 0 Å². The van der Waals surface area contributed by atoms with E-state index in [0.717, 1.165) is 17.0 Å². The number of nitrogens with zero attached hydrogens (tertiary/aromatic N) is 3. The van der Waals surface area contributed by atoms with Crippen LogP contribution in [0.2, 0.25) is 0 Å². The van der Waals surface area contributed by atoms with Crippen LogP contribution < -0.4 is 0 Å². The number of aromatic carboxylic acids is 1. The summed E-state index contributed by atoms with van der Waals surface area (Å²) in [5, 5.41) is 9.97. The highest BCUT2D eigenvalue weighted by molar-refractivity contribution is 5.89. The zero-order valence-corrected chi connectivity index (χ0v) is 15.6. The molecule has 4 rings (SSSR count). The molecule has 0 bridgehead atoms. The van der Waals surface area contributed by atoms with Crippen LogP contribution in [0.25, 0.3) is 22.3 Å². The van der Waals surface area contributed by atoms with Crippen molar-refractivity contribution in [2.24, 2.45) is 0 Å². The van der Waals surface area contributed by atoms with Crippen molar-refractivity contribution in [3.63, 3.8) is 0 Å². The summed E-state index contributed by atoms with van der Waals surface area (Å²) in [6, 6.07) is 12.0. The summed E-state index contributed by atoms with van der Waals surface area (Å²) < 4.78 is 41.4. The van der Waals surface area contributed by atoms with E-state index in [-0.39, 0.29) is 17.5 Å². The molecule has 4 aromatic rings. The molecule has 1 aromatic carbocycles. The Balaban J connectivity index is 1.60. The molecule has 0 spiro atoms. The van der Waals surface area contributed by atoms with E-state index in [9.17, 15) is 18.0 Å². The number of carbonyl (C=O) groups is 1. The van der Waals surface area contributed by atoms with Crippen LogP contribution in [0.5, 0.6) is 0 Å². The number of hydrogen-bond acceptors (Lipinski definition) is 3. The summed E-state index contributed by atoms with van der Waals surface area (Å²) in [4.78, 5) is 19.7. The molecule has 0 aliphatic heterocycles. The van der Waals surface area contributed by atoms with Crippen molar-refractivity contribution in [1.29, 1.82) is 0 Å². The van der Waals surface area contributed by atoms with Crippen molar-refractivity contribution >= 4 is 16.9 Å². The van der Waals surface area contributed by atoms with E-state index in [1.54, 1.807) is 24.5 Å². The van der Waals surface area contributed by atoms with Gasteiger partial charge in [-0.15, -0.1) is 0 Å². The molecule has 0 saturated carbocycles. The minimum atomic E-state index is -4.39. The number of alkyl halides is 3. The Hall–Kier alpha value is -3.68. The summed E-state index contributed by atoms with van der Waals surface area (Å²) in [6.45, 7) is 0.365. The molecule has 3 aromatic heterocycles. The highest BCUT2D eigenvalue weighted by Crippen LogP contribution is 2.32. The number of rotatable bonds is 5. The predicted octanol–water partition coefficient (Wildman–Crippen LogP) is 5.06. The van der Waals surface area contributed by atoms with E-state index in [2.05, 4.69) is 9.97 Å². The van der Waals surface area contributed by atoms with Crippen LogP contribution in [0, 0.1) is 0 Å². The van der Waals surface area contributed by atoms with Crippen molar-refractivity contribution in [2.75, 3.05) is 0 Å². The van der Waals surface area contributed by atoms with Gasteiger partial charge in [-0.2, -0.15) is 13.2 Å². The highest BCUT2D eigenvalue weighted by atomic mass is 19.4. The summed E-state index contributed by atoms with van der Waals surface area (Å²) in [6.07, 6.45) is 0.670. The lowest BCUT2D eigenvalue weighted by atomic mass is 10.0. The van der Waals surface area contributed by atoms with E-state index in [1.807, 2.05) is 10.6 Å².